The van der Waals surface area contributed by atoms with E-state index in [-0.39, 0.29) is 5.97 Å². The van der Waals surface area contributed by atoms with Gasteiger partial charge in [-0.1, -0.05) is 75.2 Å². The van der Waals surface area contributed by atoms with E-state index in [0.29, 0.717) is 35.7 Å². The molecule has 0 bridgehead atoms. The van der Waals surface area contributed by atoms with Crippen LogP contribution in [0.4, 0.5) is 0 Å². The van der Waals surface area contributed by atoms with E-state index in [1.165, 1.54) is 19.3 Å². The number of hydrogen-bond donors (Lipinski definition) is 0. The largest absolute Gasteiger partial charge is 0.465 e. The van der Waals surface area contributed by atoms with Crippen LogP contribution < -0.4 is 0 Å². The lowest BCUT2D eigenvalue weighted by atomic mass is 9.76. The molecule has 0 aromatic rings. The molecule has 0 fully saturated rings. The van der Waals surface area contributed by atoms with Crippen LogP contribution in [0.15, 0.2) is 0 Å². The first-order valence-electron chi connectivity index (χ1n) is 10.5. The smallest absolute Gasteiger partial charge is 0.305 e. The van der Waals surface area contributed by atoms with Crippen molar-refractivity contribution in [2.75, 3.05) is 6.61 Å². The first-order valence-corrected chi connectivity index (χ1v) is 10.5. The summed E-state index contributed by atoms with van der Waals surface area (Å²) < 4.78 is 5.64. The average Bonchev–Trinajstić information content (AvgIpc) is 2.40. The molecule has 0 saturated carbocycles. The zero-order valence-electron chi connectivity index (χ0n) is 18.7. The molecule has 0 N–H and O–H groups in total. The lowest BCUT2D eigenvalue weighted by molar-refractivity contribution is -0.145. The number of carbonyl (C=O) groups is 1. The van der Waals surface area contributed by atoms with Gasteiger partial charge in [0, 0.05) is 6.42 Å². The third kappa shape index (κ3) is 14.3. The van der Waals surface area contributed by atoms with Gasteiger partial charge in [0.2, 0.25) is 0 Å². The molecule has 0 aliphatic rings. The molecule has 0 aliphatic carbocycles. The van der Waals surface area contributed by atoms with Crippen molar-refractivity contribution in [1.82, 2.24) is 0 Å². The van der Waals surface area contributed by atoms with E-state index < -0.39 is 0 Å². The highest BCUT2D eigenvalue weighted by Gasteiger charge is 2.25. The quantitative estimate of drug-likeness (QED) is 0.365. The van der Waals surface area contributed by atoms with E-state index in [9.17, 15) is 4.79 Å². The van der Waals surface area contributed by atoms with Gasteiger partial charge >= 0.3 is 5.97 Å². The molecule has 2 heteroatoms. The fraction of sp³-hybridized carbons (Fsp3) is 0.957. The van der Waals surface area contributed by atoms with Crippen molar-refractivity contribution >= 4 is 5.97 Å². The fourth-order valence-electron chi connectivity index (χ4n) is 3.90. The Morgan fingerprint density at radius 3 is 1.96 bits per heavy atom. The van der Waals surface area contributed by atoms with Crippen LogP contribution in [0, 0.1) is 28.6 Å². The van der Waals surface area contributed by atoms with Crippen molar-refractivity contribution in [3.05, 3.63) is 0 Å². The van der Waals surface area contributed by atoms with Gasteiger partial charge in [-0.25, -0.2) is 0 Å². The Hall–Kier alpha value is -0.530. The summed E-state index contributed by atoms with van der Waals surface area (Å²) in [5.41, 5.74) is 0.708. The average molecular weight is 355 g/mol. The van der Waals surface area contributed by atoms with E-state index in [4.69, 9.17) is 4.74 Å². The maximum Gasteiger partial charge on any atom is 0.305 e. The third-order valence-electron chi connectivity index (χ3n) is 4.92. The Morgan fingerprint density at radius 1 is 0.920 bits per heavy atom. The fourth-order valence-corrected chi connectivity index (χ4v) is 3.90. The highest BCUT2D eigenvalue weighted by atomic mass is 16.5. The van der Waals surface area contributed by atoms with Crippen molar-refractivity contribution in [3.8, 4) is 0 Å². The van der Waals surface area contributed by atoms with Crippen molar-refractivity contribution in [3.63, 3.8) is 0 Å². The highest BCUT2D eigenvalue weighted by Crippen LogP contribution is 2.33. The van der Waals surface area contributed by atoms with Gasteiger partial charge in [0.05, 0.1) is 6.61 Å². The van der Waals surface area contributed by atoms with Crippen molar-refractivity contribution in [1.29, 1.82) is 0 Å². The minimum Gasteiger partial charge on any atom is -0.465 e. The number of esters is 1. The summed E-state index contributed by atoms with van der Waals surface area (Å²) in [6, 6.07) is 0. The topological polar surface area (TPSA) is 26.3 Å². The van der Waals surface area contributed by atoms with Gasteiger partial charge < -0.3 is 4.74 Å². The lowest BCUT2D eigenvalue weighted by Gasteiger charge is -2.31. The van der Waals surface area contributed by atoms with E-state index in [0.717, 1.165) is 25.2 Å². The Morgan fingerprint density at radius 2 is 1.48 bits per heavy atom. The lowest BCUT2D eigenvalue weighted by Crippen LogP contribution is -2.25. The summed E-state index contributed by atoms with van der Waals surface area (Å²) in [6.45, 7) is 21.3. The second kappa shape index (κ2) is 11.2. The molecule has 0 aromatic carbocycles. The maximum atomic E-state index is 11.9. The molecule has 150 valence electrons. The van der Waals surface area contributed by atoms with Crippen LogP contribution in [0.5, 0.6) is 0 Å². The first kappa shape index (κ1) is 24.5. The summed E-state index contributed by atoms with van der Waals surface area (Å²) >= 11 is 0. The number of unbranched alkanes of at least 4 members (excludes halogenated alkanes) is 1. The van der Waals surface area contributed by atoms with Crippen LogP contribution in [0.25, 0.3) is 0 Å². The summed E-state index contributed by atoms with van der Waals surface area (Å²) in [7, 11) is 0. The van der Waals surface area contributed by atoms with Gasteiger partial charge in [-0.2, -0.15) is 0 Å². The van der Waals surface area contributed by atoms with Gasteiger partial charge in [-0.05, 0) is 54.3 Å². The summed E-state index contributed by atoms with van der Waals surface area (Å²) in [5, 5.41) is 0. The van der Waals surface area contributed by atoms with Gasteiger partial charge in [0.1, 0.15) is 0 Å². The third-order valence-corrected chi connectivity index (χ3v) is 4.92. The Bertz CT molecular complexity index is 359. The van der Waals surface area contributed by atoms with Gasteiger partial charge in [0.15, 0.2) is 0 Å². The normalized spacial score (nSPS) is 16.4. The van der Waals surface area contributed by atoms with Crippen LogP contribution in [0.2, 0.25) is 0 Å². The molecule has 0 rings (SSSR count). The second-order valence-corrected chi connectivity index (χ2v) is 10.7. The minimum absolute atomic E-state index is 0.0162. The molecule has 0 radical (unpaired) electrons. The monoisotopic (exact) mass is 354 g/mol. The zero-order chi connectivity index (χ0) is 19.7. The van der Waals surface area contributed by atoms with Crippen molar-refractivity contribution < 1.29 is 9.53 Å². The van der Waals surface area contributed by atoms with Gasteiger partial charge in [-0.15, -0.1) is 0 Å². The minimum atomic E-state index is -0.0162. The molecule has 0 amide bonds. The maximum absolute atomic E-state index is 11.9. The van der Waals surface area contributed by atoms with E-state index in [2.05, 4.69) is 62.3 Å². The molecule has 3 atom stereocenters. The number of ether oxygens (including phenoxy) is 1. The summed E-state index contributed by atoms with van der Waals surface area (Å²) in [4.78, 5) is 11.9. The van der Waals surface area contributed by atoms with Crippen LogP contribution in [-0.2, 0) is 9.53 Å². The number of carbonyl (C=O) groups excluding carboxylic acids is 1. The van der Waals surface area contributed by atoms with Crippen LogP contribution in [-0.4, -0.2) is 12.6 Å². The summed E-state index contributed by atoms with van der Waals surface area (Å²) in [6.07, 6.45) is 7.37. The Balaban J connectivity index is 4.64. The second-order valence-electron chi connectivity index (χ2n) is 10.7. The SMILES string of the molecule is CCCCC(=O)OCC(CCC(C)CC(C)(C)C)C(C)CC(C)(C)C. The number of rotatable bonds is 11. The zero-order valence-corrected chi connectivity index (χ0v) is 18.7. The first-order chi connectivity index (χ1) is 11.3. The molecule has 0 saturated heterocycles. The highest BCUT2D eigenvalue weighted by molar-refractivity contribution is 5.69. The Labute approximate surface area is 158 Å². The van der Waals surface area contributed by atoms with E-state index in [1.807, 2.05) is 0 Å². The van der Waals surface area contributed by atoms with Gasteiger partial charge in [0.25, 0.3) is 0 Å². The van der Waals surface area contributed by atoms with Crippen LogP contribution >= 0.6 is 0 Å². The van der Waals surface area contributed by atoms with Crippen LogP contribution in [0.1, 0.15) is 107 Å². The molecule has 3 unspecified atom stereocenters. The van der Waals surface area contributed by atoms with Crippen molar-refractivity contribution in [2.45, 2.75) is 107 Å². The molecular weight excluding hydrogens is 308 g/mol. The predicted octanol–water partition coefficient (Wildman–Crippen LogP) is 7.26. The molecule has 0 heterocycles. The van der Waals surface area contributed by atoms with Crippen molar-refractivity contribution in [2.24, 2.45) is 28.6 Å². The van der Waals surface area contributed by atoms with E-state index >= 15 is 0 Å². The summed E-state index contributed by atoms with van der Waals surface area (Å²) in [5.74, 6) is 1.77. The van der Waals surface area contributed by atoms with Crippen LogP contribution in [0.3, 0.4) is 0 Å². The Kier molecular flexibility index (Phi) is 11.0. The molecule has 0 aromatic heterocycles. The molecule has 0 aliphatic heterocycles. The molecule has 0 spiro atoms. The molecule has 2 nitrogen and oxygen atoms in total. The van der Waals surface area contributed by atoms with Gasteiger partial charge in [-0.3, -0.25) is 4.79 Å². The molecule has 25 heavy (non-hydrogen) atoms. The van der Waals surface area contributed by atoms with E-state index in [1.54, 1.807) is 0 Å². The molecular formula is C23H46O2. The standard InChI is InChI=1S/C23H46O2/c1-10-11-12-21(24)25-17-20(19(3)16-23(7,8)9)14-13-18(2)15-22(4,5)6/h18-20H,10-17H2,1-9H3. The number of hydrogen-bond acceptors (Lipinski definition) is 2. The predicted molar refractivity (Wildman–Crippen MR) is 110 cm³/mol.